The number of hydrogen-bond acceptors (Lipinski definition) is 3. The van der Waals surface area contributed by atoms with Gasteiger partial charge in [-0.05, 0) is 24.1 Å². The molecule has 1 heterocycles. The maximum Gasteiger partial charge on any atom is 0.0446 e. The second-order valence-electron chi connectivity index (χ2n) is 5.07. The zero-order chi connectivity index (χ0) is 13.0. The molecule has 1 aromatic rings. The first-order valence-electron chi connectivity index (χ1n) is 6.69. The third-order valence-electron chi connectivity index (χ3n) is 3.49. The van der Waals surface area contributed by atoms with E-state index in [-0.39, 0.29) is 0 Å². The summed E-state index contributed by atoms with van der Waals surface area (Å²) in [4.78, 5) is 0. The fourth-order valence-corrected chi connectivity index (χ4v) is 5.26. The molecule has 0 aromatic heterocycles. The molecule has 1 aliphatic heterocycles. The van der Waals surface area contributed by atoms with Gasteiger partial charge in [-0.15, -0.1) is 0 Å². The lowest BCUT2D eigenvalue weighted by molar-refractivity contribution is 0.592. The van der Waals surface area contributed by atoms with E-state index in [0.29, 0.717) is 17.2 Å². The molecule has 2 unspecified atom stereocenters. The van der Waals surface area contributed by atoms with Gasteiger partial charge in [0.1, 0.15) is 0 Å². The van der Waals surface area contributed by atoms with Crippen LogP contribution in [0.5, 0.6) is 0 Å². The minimum Gasteiger partial charge on any atom is -0.312 e. The smallest absolute Gasteiger partial charge is 0.0446 e. The summed E-state index contributed by atoms with van der Waals surface area (Å²) in [5.74, 6) is 4.48. The van der Waals surface area contributed by atoms with Crippen LogP contribution in [0.25, 0.3) is 0 Å². The van der Waals surface area contributed by atoms with Gasteiger partial charge in [-0.1, -0.05) is 38.1 Å². The van der Waals surface area contributed by atoms with Crippen molar-refractivity contribution >= 4 is 23.5 Å². The normalized spacial score (nSPS) is 22.1. The van der Waals surface area contributed by atoms with Crippen LogP contribution in [0.4, 0.5) is 0 Å². The molecule has 2 atom stereocenters. The van der Waals surface area contributed by atoms with Crippen molar-refractivity contribution < 1.29 is 0 Å². The van der Waals surface area contributed by atoms with Crippen molar-refractivity contribution in [1.29, 1.82) is 0 Å². The summed E-state index contributed by atoms with van der Waals surface area (Å²) in [5.41, 5.74) is 2.86. The van der Waals surface area contributed by atoms with E-state index in [1.807, 2.05) is 0 Å². The molecule has 1 nitrogen and oxygen atoms in total. The largest absolute Gasteiger partial charge is 0.312 e. The summed E-state index contributed by atoms with van der Waals surface area (Å²) in [5, 5.41) is 4.21. The molecule has 0 radical (unpaired) electrons. The van der Waals surface area contributed by atoms with Gasteiger partial charge in [0, 0.05) is 28.6 Å². The highest BCUT2D eigenvalue weighted by molar-refractivity contribution is 8.06. The van der Waals surface area contributed by atoms with Crippen molar-refractivity contribution in [3.05, 3.63) is 35.4 Å². The predicted molar refractivity (Wildman–Crippen MR) is 85.9 cm³/mol. The highest BCUT2D eigenvalue weighted by Crippen LogP contribution is 2.33. The van der Waals surface area contributed by atoms with Crippen LogP contribution in [0.15, 0.2) is 24.3 Å². The van der Waals surface area contributed by atoms with E-state index in [1.165, 1.54) is 28.4 Å². The number of nitrogens with one attached hydrogen (secondary N) is 1. The minimum atomic E-state index is 0.490. The first kappa shape index (κ1) is 14.3. The molecular formula is C15H23NS2. The van der Waals surface area contributed by atoms with Gasteiger partial charge >= 0.3 is 0 Å². The molecule has 1 saturated heterocycles. The van der Waals surface area contributed by atoms with Crippen molar-refractivity contribution in [1.82, 2.24) is 5.32 Å². The molecule has 0 aliphatic carbocycles. The molecule has 0 bridgehead atoms. The third-order valence-corrected chi connectivity index (χ3v) is 6.35. The molecule has 2 rings (SSSR count). The SMILES string of the molecule is CNC(c1ccc(C(C)C)cc1)C1CSCCS1. The summed E-state index contributed by atoms with van der Waals surface area (Å²) in [6, 6.07) is 9.66. The molecule has 3 heteroatoms. The number of benzene rings is 1. The Kier molecular flexibility index (Phi) is 5.46. The standard InChI is InChI=1S/C15H23NS2/c1-11(2)12-4-6-13(7-5-12)15(16-3)14-10-17-8-9-18-14/h4-7,11,14-16H,8-10H2,1-3H3. The average molecular weight is 281 g/mol. The van der Waals surface area contributed by atoms with Gasteiger partial charge < -0.3 is 5.32 Å². The predicted octanol–water partition coefficient (Wildman–Crippen LogP) is 3.92. The first-order chi connectivity index (χ1) is 8.72. The highest BCUT2D eigenvalue weighted by Gasteiger charge is 2.24. The van der Waals surface area contributed by atoms with Gasteiger partial charge in [-0.3, -0.25) is 0 Å². The van der Waals surface area contributed by atoms with E-state index in [9.17, 15) is 0 Å². The lowest BCUT2D eigenvalue weighted by Crippen LogP contribution is -2.31. The zero-order valence-corrected chi connectivity index (χ0v) is 13.1. The maximum absolute atomic E-state index is 3.50. The monoisotopic (exact) mass is 281 g/mol. The Morgan fingerprint density at radius 2 is 1.78 bits per heavy atom. The van der Waals surface area contributed by atoms with Gasteiger partial charge in [0.15, 0.2) is 0 Å². The Balaban J connectivity index is 2.11. The second kappa shape index (κ2) is 6.88. The Morgan fingerprint density at radius 1 is 1.11 bits per heavy atom. The van der Waals surface area contributed by atoms with Crippen LogP contribution in [0, 0.1) is 0 Å². The molecule has 0 spiro atoms. The lowest BCUT2D eigenvalue weighted by atomic mass is 9.98. The molecule has 18 heavy (non-hydrogen) atoms. The Hall–Kier alpha value is -0.120. The van der Waals surface area contributed by atoms with Crippen molar-refractivity contribution in [3.8, 4) is 0 Å². The van der Waals surface area contributed by atoms with Gasteiger partial charge in [-0.2, -0.15) is 23.5 Å². The Bertz CT molecular complexity index is 355. The van der Waals surface area contributed by atoms with E-state index in [0.717, 1.165) is 0 Å². The molecule has 1 fully saturated rings. The van der Waals surface area contributed by atoms with E-state index in [1.54, 1.807) is 0 Å². The van der Waals surface area contributed by atoms with E-state index >= 15 is 0 Å². The average Bonchev–Trinajstić information content (AvgIpc) is 2.41. The van der Waals surface area contributed by atoms with Gasteiger partial charge in [-0.25, -0.2) is 0 Å². The molecule has 0 saturated carbocycles. The summed E-state index contributed by atoms with van der Waals surface area (Å²) >= 11 is 4.21. The van der Waals surface area contributed by atoms with E-state index < -0.39 is 0 Å². The third kappa shape index (κ3) is 3.46. The molecule has 1 N–H and O–H groups in total. The van der Waals surface area contributed by atoms with E-state index in [2.05, 4.69) is 74.0 Å². The van der Waals surface area contributed by atoms with E-state index in [4.69, 9.17) is 0 Å². The van der Waals surface area contributed by atoms with Crippen LogP contribution < -0.4 is 5.32 Å². The molecule has 1 aromatic carbocycles. The van der Waals surface area contributed by atoms with Crippen LogP contribution in [0.2, 0.25) is 0 Å². The van der Waals surface area contributed by atoms with Gasteiger partial charge in [0.25, 0.3) is 0 Å². The molecule has 1 aliphatic rings. The second-order valence-corrected chi connectivity index (χ2v) is 7.57. The minimum absolute atomic E-state index is 0.490. The fraction of sp³-hybridized carbons (Fsp3) is 0.600. The van der Waals surface area contributed by atoms with Crippen LogP contribution >= 0.6 is 23.5 Å². The van der Waals surface area contributed by atoms with Crippen molar-refractivity contribution in [2.75, 3.05) is 24.3 Å². The zero-order valence-electron chi connectivity index (χ0n) is 11.5. The molecule has 100 valence electrons. The number of hydrogen-bond donors (Lipinski definition) is 1. The topological polar surface area (TPSA) is 12.0 Å². The lowest BCUT2D eigenvalue weighted by Gasteiger charge is -2.29. The Labute approximate surface area is 120 Å². The quantitative estimate of drug-likeness (QED) is 0.898. The van der Waals surface area contributed by atoms with Crippen LogP contribution in [0.3, 0.4) is 0 Å². The van der Waals surface area contributed by atoms with Crippen LogP contribution in [-0.4, -0.2) is 29.6 Å². The summed E-state index contributed by atoms with van der Waals surface area (Å²) < 4.78 is 0. The fourth-order valence-electron chi connectivity index (χ4n) is 2.35. The summed E-state index contributed by atoms with van der Waals surface area (Å²) in [7, 11) is 2.08. The van der Waals surface area contributed by atoms with Gasteiger partial charge in [0.05, 0.1) is 0 Å². The summed E-state index contributed by atoms with van der Waals surface area (Å²) in [6.45, 7) is 4.50. The first-order valence-corrected chi connectivity index (χ1v) is 8.89. The maximum atomic E-state index is 3.50. The number of thioether (sulfide) groups is 2. The Morgan fingerprint density at radius 3 is 2.28 bits per heavy atom. The number of rotatable bonds is 4. The van der Waals surface area contributed by atoms with Crippen LogP contribution in [0.1, 0.15) is 36.9 Å². The molecule has 0 amide bonds. The van der Waals surface area contributed by atoms with Crippen molar-refractivity contribution in [3.63, 3.8) is 0 Å². The molecular weight excluding hydrogens is 258 g/mol. The van der Waals surface area contributed by atoms with Crippen LogP contribution in [-0.2, 0) is 0 Å². The van der Waals surface area contributed by atoms with Crippen molar-refractivity contribution in [2.24, 2.45) is 0 Å². The van der Waals surface area contributed by atoms with Crippen molar-refractivity contribution in [2.45, 2.75) is 31.1 Å². The highest BCUT2D eigenvalue weighted by atomic mass is 32.2. The summed E-state index contributed by atoms with van der Waals surface area (Å²) in [6.07, 6.45) is 0. The van der Waals surface area contributed by atoms with Gasteiger partial charge in [0.2, 0.25) is 0 Å².